The van der Waals surface area contributed by atoms with Gasteiger partial charge in [-0.05, 0) is 24.4 Å². The van der Waals surface area contributed by atoms with Gasteiger partial charge in [0.05, 0.1) is 5.39 Å². The van der Waals surface area contributed by atoms with E-state index < -0.39 is 41.0 Å². The number of β-lactam (4-membered cyclic amide) rings is 1. The number of aliphatic carboxylic acids is 1. The summed E-state index contributed by atoms with van der Waals surface area (Å²) in [6.45, 7) is 2.19. The number of nitrogens with one attached hydrogen (secondary N) is 2. The average Bonchev–Trinajstić information content (AvgIpc) is 3.56. The fraction of sp³-hybridized carbons (Fsp3) is 0.273. The Balaban J connectivity index is 1.36. The summed E-state index contributed by atoms with van der Waals surface area (Å²) in [5.74, 6) is -2.87. The second-order valence-corrected chi connectivity index (χ2v) is 10.2. The number of carboxylic acids is 1. The van der Waals surface area contributed by atoms with Crippen LogP contribution in [-0.4, -0.2) is 73.4 Å². The van der Waals surface area contributed by atoms with E-state index in [0.717, 1.165) is 10.2 Å². The number of anilines is 1. The van der Waals surface area contributed by atoms with Crippen molar-refractivity contribution in [2.75, 3.05) is 18.0 Å². The molecule has 1 saturated heterocycles. The number of rotatable bonds is 8. The van der Waals surface area contributed by atoms with Gasteiger partial charge in [0.15, 0.2) is 12.7 Å². The van der Waals surface area contributed by atoms with E-state index in [1.165, 1.54) is 28.0 Å². The van der Waals surface area contributed by atoms with Gasteiger partial charge in [0.25, 0.3) is 16.6 Å². The number of fused-ring (bicyclic) bond motifs is 2. The second kappa shape index (κ2) is 10.7. The maximum Gasteiger partial charge on any atom is 0.433 e. The lowest BCUT2D eigenvalue weighted by molar-refractivity contribution is -0.661. The first-order valence-electron chi connectivity index (χ1n) is 11.5. The molecular weight excluding hydrogens is 552 g/mol. The lowest BCUT2D eigenvalue weighted by atomic mass is 10.0. The van der Waals surface area contributed by atoms with Gasteiger partial charge in [-0.15, -0.1) is 11.8 Å². The minimum absolute atomic E-state index is 0.116. The first-order valence-corrected chi connectivity index (χ1v) is 13.4. The van der Waals surface area contributed by atoms with Gasteiger partial charge in [-0.1, -0.05) is 21.6 Å². The van der Waals surface area contributed by atoms with Crippen LogP contribution >= 0.6 is 23.1 Å². The fourth-order valence-corrected chi connectivity index (χ4v) is 6.33. The van der Waals surface area contributed by atoms with Crippen molar-refractivity contribution in [1.29, 1.82) is 0 Å². The molecule has 5 heterocycles. The molecule has 0 saturated carbocycles. The van der Waals surface area contributed by atoms with Gasteiger partial charge in [-0.2, -0.15) is 9.55 Å². The minimum atomic E-state index is -1.24. The average molecular weight is 574 g/mol. The highest BCUT2D eigenvalue weighted by atomic mass is 32.2. The SMILES string of the molecule is CCNC(=O)O/N=C(/C(=O)NC1C(=O)N2C(C(=O)O)=C(C[n+]3cccc4ccsc43)CSC12)c1noc(N)n1. The quantitative estimate of drug-likeness (QED) is 0.0930. The predicted octanol–water partition coefficient (Wildman–Crippen LogP) is 0.0430. The first-order chi connectivity index (χ1) is 18.8. The number of aromatic nitrogens is 3. The normalized spacial score (nSPS) is 18.9. The van der Waals surface area contributed by atoms with Crippen LogP contribution in [0.4, 0.5) is 10.8 Å². The van der Waals surface area contributed by atoms with Crippen molar-refractivity contribution in [2.24, 2.45) is 5.16 Å². The maximum atomic E-state index is 13.1. The molecule has 39 heavy (non-hydrogen) atoms. The Morgan fingerprint density at radius 1 is 1.38 bits per heavy atom. The number of hydrogen-bond acceptors (Lipinski definition) is 12. The van der Waals surface area contributed by atoms with Crippen LogP contribution in [0.1, 0.15) is 12.7 Å². The lowest BCUT2D eigenvalue weighted by Crippen LogP contribution is -2.71. The van der Waals surface area contributed by atoms with Crippen molar-refractivity contribution in [1.82, 2.24) is 25.7 Å². The summed E-state index contributed by atoms with van der Waals surface area (Å²) in [6, 6.07) is 4.38. The van der Waals surface area contributed by atoms with Crippen LogP contribution in [0.25, 0.3) is 10.2 Å². The topological polar surface area (TPSA) is 206 Å². The van der Waals surface area contributed by atoms with Crippen LogP contribution in [-0.2, 0) is 25.8 Å². The molecule has 0 aromatic carbocycles. The molecule has 5 rings (SSSR count). The highest BCUT2D eigenvalue weighted by Crippen LogP contribution is 2.40. The molecule has 17 heteroatoms. The molecule has 5 N–H and O–H groups in total. The van der Waals surface area contributed by atoms with Gasteiger partial charge in [0.1, 0.15) is 17.1 Å². The third-order valence-electron chi connectivity index (χ3n) is 5.78. The van der Waals surface area contributed by atoms with Crippen molar-refractivity contribution < 1.29 is 38.2 Å². The predicted molar refractivity (Wildman–Crippen MR) is 137 cm³/mol. The molecule has 15 nitrogen and oxygen atoms in total. The molecule has 3 aromatic heterocycles. The second-order valence-electron chi connectivity index (χ2n) is 8.24. The third-order valence-corrected chi connectivity index (χ3v) is 8.09. The Labute approximate surface area is 227 Å². The van der Waals surface area contributed by atoms with Gasteiger partial charge in [0, 0.05) is 23.9 Å². The zero-order chi connectivity index (χ0) is 27.7. The molecule has 2 unspecified atom stereocenters. The molecule has 202 valence electrons. The van der Waals surface area contributed by atoms with E-state index in [1.54, 1.807) is 6.92 Å². The third kappa shape index (κ3) is 5.00. The van der Waals surface area contributed by atoms with E-state index in [9.17, 15) is 24.3 Å². The molecule has 0 bridgehead atoms. The lowest BCUT2D eigenvalue weighted by Gasteiger charge is -2.49. The summed E-state index contributed by atoms with van der Waals surface area (Å²) in [7, 11) is 0. The maximum absolute atomic E-state index is 13.1. The van der Waals surface area contributed by atoms with Crippen molar-refractivity contribution >= 4 is 68.9 Å². The summed E-state index contributed by atoms with van der Waals surface area (Å²) in [4.78, 5) is 60.6. The Kier molecular flexibility index (Phi) is 7.16. The molecule has 2 aliphatic rings. The molecule has 0 radical (unpaired) electrons. The number of thioether (sulfide) groups is 1. The van der Waals surface area contributed by atoms with E-state index in [1.807, 2.05) is 34.3 Å². The van der Waals surface area contributed by atoms with Crippen LogP contribution in [0.5, 0.6) is 0 Å². The number of nitrogen functional groups attached to an aromatic ring is 1. The van der Waals surface area contributed by atoms with E-state index >= 15 is 0 Å². The van der Waals surface area contributed by atoms with Crippen LogP contribution in [0.15, 0.2) is 50.7 Å². The van der Waals surface area contributed by atoms with Gasteiger partial charge in [-0.25, -0.2) is 9.59 Å². The number of pyridine rings is 1. The zero-order valence-electron chi connectivity index (χ0n) is 20.2. The van der Waals surface area contributed by atoms with Crippen molar-refractivity contribution in [3.8, 4) is 0 Å². The zero-order valence-corrected chi connectivity index (χ0v) is 21.8. The van der Waals surface area contributed by atoms with E-state index in [2.05, 4.69) is 35.3 Å². The molecule has 1 fully saturated rings. The van der Waals surface area contributed by atoms with Crippen molar-refractivity contribution in [3.05, 3.63) is 46.9 Å². The Bertz CT molecular complexity index is 1550. The minimum Gasteiger partial charge on any atom is -0.477 e. The van der Waals surface area contributed by atoms with E-state index in [4.69, 9.17) is 5.73 Å². The molecule has 0 aliphatic carbocycles. The fourth-order valence-electron chi connectivity index (χ4n) is 4.11. The van der Waals surface area contributed by atoms with Crippen molar-refractivity contribution in [2.45, 2.75) is 24.9 Å². The summed E-state index contributed by atoms with van der Waals surface area (Å²) < 4.78 is 6.61. The number of nitrogens with zero attached hydrogens (tertiary/aromatic N) is 5. The van der Waals surface area contributed by atoms with E-state index in [0.29, 0.717) is 11.3 Å². The van der Waals surface area contributed by atoms with Crippen LogP contribution < -0.4 is 20.9 Å². The molecule has 3 aromatic rings. The number of nitrogens with two attached hydrogens (primary N) is 1. The molecule has 2 atom stereocenters. The molecular formula is C22H21N8O7S2+. The van der Waals surface area contributed by atoms with Gasteiger partial charge < -0.3 is 26.0 Å². The highest BCUT2D eigenvalue weighted by molar-refractivity contribution is 8.00. The number of hydrogen-bond donors (Lipinski definition) is 4. The standard InChI is InChI=1S/C22H20N8O7S2/c1-2-24-22(35)37-27-12(15-26-21(23)36-28-15)16(31)25-13-17(32)30-14(20(33)34)11(9-39-19(13)30)8-29-6-3-4-10-5-7-38-18(10)29/h3-7,13,19H,2,8-9H2,1H3,(H4-,23,24,25,26,28,31,33,34,35)/p+1/b27-12+. The molecule has 3 amide bonds. The number of thiophene rings is 1. The summed E-state index contributed by atoms with van der Waals surface area (Å²) in [6.07, 6.45) is 0.921. The highest BCUT2D eigenvalue weighted by Gasteiger charge is 2.55. The Hall–Kier alpha value is -4.51. The van der Waals surface area contributed by atoms with Crippen molar-refractivity contribution in [3.63, 3.8) is 0 Å². The van der Waals surface area contributed by atoms with Gasteiger partial charge >= 0.3 is 18.1 Å². The summed E-state index contributed by atoms with van der Waals surface area (Å²) >= 11 is 2.85. The van der Waals surface area contributed by atoms with Crippen LogP contribution in [0, 0.1) is 0 Å². The number of carboxylic acid groups (broad SMARTS) is 1. The largest absolute Gasteiger partial charge is 0.477 e. The first kappa shape index (κ1) is 26.1. The van der Waals surface area contributed by atoms with Gasteiger partial charge in [0.2, 0.25) is 11.5 Å². The summed E-state index contributed by atoms with van der Waals surface area (Å²) in [5, 5.41) is 24.2. The number of carbonyl (C=O) groups is 4. The smallest absolute Gasteiger partial charge is 0.433 e. The summed E-state index contributed by atoms with van der Waals surface area (Å²) in [5.41, 5.74) is 5.31. The molecule has 0 spiro atoms. The van der Waals surface area contributed by atoms with Crippen LogP contribution in [0.2, 0.25) is 0 Å². The van der Waals surface area contributed by atoms with Gasteiger partial charge in [-0.3, -0.25) is 19.3 Å². The number of carbonyl (C=O) groups excluding carboxylic acids is 3. The van der Waals surface area contributed by atoms with Crippen LogP contribution in [0.3, 0.4) is 0 Å². The molecule has 2 aliphatic heterocycles. The Morgan fingerprint density at radius 3 is 2.92 bits per heavy atom. The Morgan fingerprint density at radius 2 is 2.21 bits per heavy atom. The van der Waals surface area contributed by atoms with E-state index in [-0.39, 0.29) is 30.6 Å². The number of oxime groups is 1. The number of amides is 3. The monoisotopic (exact) mass is 573 g/mol.